The van der Waals surface area contributed by atoms with Crippen LogP contribution in [0.2, 0.25) is 0 Å². The molecule has 0 fully saturated rings. The van der Waals surface area contributed by atoms with E-state index in [9.17, 15) is 4.79 Å². The lowest BCUT2D eigenvalue weighted by Gasteiger charge is -2.17. The van der Waals surface area contributed by atoms with Crippen molar-refractivity contribution in [3.63, 3.8) is 0 Å². The molecule has 1 aromatic heterocycles. The van der Waals surface area contributed by atoms with E-state index in [0.717, 1.165) is 16.8 Å². The van der Waals surface area contributed by atoms with E-state index in [1.54, 1.807) is 10.6 Å². The van der Waals surface area contributed by atoms with Crippen LogP contribution in [0, 0.1) is 31.1 Å². The number of aryl methyl sites for hydroxylation is 2. The Morgan fingerprint density at radius 2 is 1.84 bits per heavy atom. The molecule has 126 valence electrons. The van der Waals surface area contributed by atoms with Gasteiger partial charge in [0.1, 0.15) is 0 Å². The fourth-order valence-corrected chi connectivity index (χ4v) is 3.74. The zero-order valence-corrected chi connectivity index (χ0v) is 15.3. The Kier molecular flexibility index (Phi) is 4.91. The van der Waals surface area contributed by atoms with Crippen molar-refractivity contribution in [3.05, 3.63) is 63.9 Å². The maximum atomic E-state index is 13.2. The number of nitriles is 1. The predicted octanol–water partition coefficient (Wildman–Crippen LogP) is 4.25. The molecule has 4 nitrogen and oxygen atoms in total. The second-order valence-electron chi connectivity index (χ2n) is 6.13. The first-order chi connectivity index (χ1) is 12.0. The number of hydrogen-bond donors (Lipinski definition) is 0. The van der Waals surface area contributed by atoms with Crippen molar-refractivity contribution in [2.24, 2.45) is 5.92 Å². The topological polar surface area (TPSA) is 58.7 Å². The van der Waals surface area contributed by atoms with E-state index >= 15 is 0 Å². The van der Waals surface area contributed by atoms with Gasteiger partial charge in [-0.05, 0) is 44.0 Å². The molecular weight excluding hydrogens is 330 g/mol. The third kappa shape index (κ3) is 3.31. The molecule has 3 rings (SSSR count). The Balaban J connectivity index is 2.29. The quantitative estimate of drug-likeness (QED) is 0.522. The van der Waals surface area contributed by atoms with Gasteiger partial charge >= 0.3 is 0 Å². The number of benzene rings is 2. The summed E-state index contributed by atoms with van der Waals surface area (Å²) in [7, 11) is 0. The summed E-state index contributed by atoms with van der Waals surface area (Å²) >= 11 is 1.45. The zero-order chi connectivity index (χ0) is 18.0. The summed E-state index contributed by atoms with van der Waals surface area (Å²) in [5.41, 5.74) is 3.53. The summed E-state index contributed by atoms with van der Waals surface area (Å²) in [6.07, 6.45) is 0. The summed E-state index contributed by atoms with van der Waals surface area (Å²) in [5.74, 6) is 0.478. The normalized spacial score (nSPS) is 12.1. The van der Waals surface area contributed by atoms with Gasteiger partial charge < -0.3 is 0 Å². The van der Waals surface area contributed by atoms with Crippen molar-refractivity contribution in [3.8, 4) is 11.8 Å². The van der Waals surface area contributed by atoms with Crippen molar-refractivity contribution in [1.29, 1.82) is 5.26 Å². The molecule has 0 spiro atoms. The third-order valence-electron chi connectivity index (χ3n) is 4.09. The summed E-state index contributed by atoms with van der Waals surface area (Å²) in [6.45, 7) is 5.86. The van der Waals surface area contributed by atoms with Gasteiger partial charge in [0.25, 0.3) is 5.56 Å². The van der Waals surface area contributed by atoms with Crippen LogP contribution >= 0.6 is 11.8 Å². The lowest BCUT2D eigenvalue weighted by atomic mass is 10.1. The van der Waals surface area contributed by atoms with Gasteiger partial charge in [-0.15, -0.1) is 0 Å². The Bertz CT molecular complexity index is 1010. The van der Waals surface area contributed by atoms with Gasteiger partial charge in [-0.3, -0.25) is 9.36 Å². The van der Waals surface area contributed by atoms with E-state index in [2.05, 4.69) is 6.07 Å². The second-order valence-corrected chi connectivity index (χ2v) is 7.12. The molecule has 1 atom stereocenters. The number of thioether (sulfide) groups is 1. The zero-order valence-electron chi connectivity index (χ0n) is 14.5. The fourth-order valence-electron chi connectivity index (χ4n) is 2.80. The number of hydrogen-bond acceptors (Lipinski definition) is 4. The van der Waals surface area contributed by atoms with Crippen molar-refractivity contribution in [2.75, 3.05) is 5.75 Å². The molecular formula is C20H19N3OS. The van der Waals surface area contributed by atoms with Gasteiger partial charge in [0.05, 0.1) is 28.6 Å². The third-order valence-corrected chi connectivity index (χ3v) is 5.29. The van der Waals surface area contributed by atoms with Crippen molar-refractivity contribution >= 4 is 22.7 Å². The lowest BCUT2D eigenvalue weighted by Crippen LogP contribution is -2.23. The summed E-state index contributed by atoms with van der Waals surface area (Å²) in [6, 6.07) is 15.6. The van der Waals surface area contributed by atoms with Crippen LogP contribution < -0.4 is 5.56 Å². The average Bonchev–Trinajstić information content (AvgIpc) is 2.61. The maximum absolute atomic E-state index is 13.2. The molecule has 25 heavy (non-hydrogen) atoms. The summed E-state index contributed by atoms with van der Waals surface area (Å²) in [4.78, 5) is 17.9. The molecule has 0 N–H and O–H groups in total. The van der Waals surface area contributed by atoms with E-state index in [4.69, 9.17) is 10.2 Å². The molecule has 3 aromatic rings. The van der Waals surface area contributed by atoms with Crippen molar-refractivity contribution in [2.45, 2.75) is 25.9 Å². The Morgan fingerprint density at radius 1 is 1.16 bits per heavy atom. The molecule has 0 aliphatic heterocycles. The second kappa shape index (κ2) is 7.12. The number of para-hydroxylation sites is 2. The molecule has 2 aromatic carbocycles. The molecule has 1 heterocycles. The fraction of sp³-hybridized carbons (Fsp3) is 0.250. The van der Waals surface area contributed by atoms with Gasteiger partial charge in [-0.25, -0.2) is 4.98 Å². The maximum Gasteiger partial charge on any atom is 0.266 e. The minimum Gasteiger partial charge on any atom is -0.268 e. The van der Waals surface area contributed by atoms with Gasteiger partial charge in [-0.2, -0.15) is 5.26 Å². The molecule has 0 radical (unpaired) electrons. The Morgan fingerprint density at radius 3 is 2.52 bits per heavy atom. The van der Waals surface area contributed by atoms with Crippen molar-refractivity contribution in [1.82, 2.24) is 9.55 Å². The monoisotopic (exact) mass is 349 g/mol. The largest absolute Gasteiger partial charge is 0.268 e. The molecule has 0 saturated heterocycles. The van der Waals surface area contributed by atoms with E-state index < -0.39 is 0 Å². The van der Waals surface area contributed by atoms with E-state index in [-0.39, 0.29) is 11.5 Å². The molecule has 0 aliphatic rings. The SMILES string of the molecule is Cc1cccc(C)c1-n1c(SC[C@@H](C)C#N)nc2ccccc2c1=O. The van der Waals surface area contributed by atoms with Crippen LogP contribution in [-0.4, -0.2) is 15.3 Å². The summed E-state index contributed by atoms with van der Waals surface area (Å²) in [5, 5.41) is 10.3. The van der Waals surface area contributed by atoms with Crippen LogP contribution in [0.3, 0.4) is 0 Å². The Hall–Kier alpha value is -2.58. The molecule has 5 heteroatoms. The lowest BCUT2D eigenvalue weighted by molar-refractivity contribution is 0.799. The smallest absolute Gasteiger partial charge is 0.266 e. The Labute approximate surface area is 151 Å². The first-order valence-corrected chi connectivity index (χ1v) is 9.12. The van der Waals surface area contributed by atoms with E-state index in [0.29, 0.717) is 21.8 Å². The van der Waals surface area contributed by atoms with Crippen LogP contribution in [0.25, 0.3) is 16.6 Å². The van der Waals surface area contributed by atoms with Crippen LogP contribution in [-0.2, 0) is 0 Å². The van der Waals surface area contributed by atoms with Gasteiger partial charge in [-0.1, -0.05) is 42.1 Å². The van der Waals surface area contributed by atoms with Crippen LogP contribution in [0.1, 0.15) is 18.1 Å². The van der Waals surface area contributed by atoms with Gasteiger partial charge in [0.2, 0.25) is 0 Å². The number of rotatable bonds is 4. The van der Waals surface area contributed by atoms with Crippen LogP contribution in [0.15, 0.2) is 52.4 Å². The van der Waals surface area contributed by atoms with Crippen LogP contribution in [0.5, 0.6) is 0 Å². The van der Waals surface area contributed by atoms with Crippen molar-refractivity contribution < 1.29 is 0 Å². The average molecular weight is 349 g/mol. The number of fused-ring (bicyclic) bond motifs is 1. The highest BCUT2D eigenvalue weighted by Crippen LogP contribution is 2.26. The highest BCUT2D eigenvalue weighted by Gasteiger charge is 2.17. The highest BCUT2D eigenvalue weighted by atomic mass is 32.2. The van der Waals surface area contributed by atoms with Crippen LogP contribution in [0.4, 0.5) is 0 Å². The van der Waals surface area contributed by atoms with E-state index in [1.807, 2.05) is 57.2 Å². The minimum absolute atomic E-state index is 0.0740. The molecule has 0 amide bonds. The molecule has 0 aliphatic carbocycles. The number of nitrogens with zero attached hydrogens (tertiary/aromatic N) is 3. The van der Waals surface area contributed by atoms with Gasteiger partial charge in [0, 0.05) is 5.75 Å². The molecule has 0 saturated carbocycles. The molecule has 0 bridgehead atoms. The first-order valence-electron chi connectivity index (χ1n) is 8.13. The van der Waals surface area contributed by atoms with Gasteiger partial charge in [0.15, 0.2) is 5.16 Å². The first kappa shape index (κ1) is 17.2. The van der Waals surface area contributed by atoms with E-state index in [1.165, 1.54) is 11.8 Å². The number of aromatic nitrogens is 2. The standard InChI is InChI=1S/C20H19N3OS/c1-13(11-21)12-25-20-22-17-10-5-4-9-16(17)19(24)23(20)18-14(2)7-6-8-15(18)3/h4-10,13H,12H2,1-3H3/t13-/m0/s1. The predicted molar refractivity (Wildman–Crippen MR) is 102 cm³/mol. The highest BCUT2D eigenvalue weighted by molar-refractivity contribution is 7.99. The summed E-state index contributed by atoms with van der Waals surface area (Å²) < 4.78 is 1.70. The minimum atomic E-state index is -0.111. The molecule has 0 unspecified atom stereocenters.